The van der Waals surface area contributed by atoms with Gasteiger partial charge in [0.25, 0.3) is 15.9 Å². The maximum absolute atomic E-state index is 13.7. The van der Waals surface area contributed by atoms with E-state index in [9.17, 15) is 18.0 Å². The summed E-state index contributed by atoms with van der Waals surface area (Å²) in [5.74, 6) is -0.900. The Morgan fingerprint density at radius 1 is 0.769 bits per heavy atom. The van der Waals surface area contributed by atoms with Crippen LogP contribution in [0.15, 0.2) is 108 Å². The SMILES string of the molecule is Cc1ccc(S(=O)(=O)N(CC(=O)Nc2ccccc2C(=O)NCCc2ccccc2)c2ccccc2C)cc1. The lowest BCUT2D eigenvalue weighted by Crippen LogP contribution is -2.39. The van der Waals surface area contributed by atoms with Crippen molar-refractivity contribution in [3.63, 3.8) is 0 Å². The van der Waals surface area contributed by atoms with E-state index < -0.39 is 22.5 Å². The number of sulfonamides is 1. The highest BCUT2D eigenvalue weighted by molar-refractivity contribution is 7.92. The van der Waals surface area contributed by atoms with Gasteiger partial charge in [-0.15, -0.1) is 0 Å². The lowest BCUT2D eigenvalue weighted by atomic mass is 10.1. The number of nitrogens with zero attached hydrogens (tertiary/aromatic N) is 1. The van der Waals surface area contributed by atoms with Crippen molar-refractivity contribution in [2.24, 2.45) is 0 Å². The Bertz CT molecular complexity index is 1550. The number of para-hydroxylation sites is 2. The van der Waals surface area contributed by atoms with Crippen LogP contribution in [-0.2, 0) is 21.2 Å². The summed E-state index contributed by atoms with van der Waals surface area (Å²) in [6.07, 6.45) is 0.670. The molecule has 0 bridgehead atoms. The summed E-state index contributed by atoms with van der Waals surface area (Å²) in [7, 11) is -4.05. The molecular weight excluding hydrogens is 510 g/mol. The van der Waals surface area contributed by atoms with Gasteiger partial charge in [0.2, 0.25) is 5.91 Å². The zero-order valence-electron chi connectivity index (χ0n) is 21.9. The van der Waals surface area contributed by atoms with Crippen LogP contribution in [0.5, 0.6) is 0 Å². The molecule has 0 unspecified atom stereocenters. The fourth-order valence-electron chi connectivity index (χ4n) is 4.15. The largest absolute Gasteiger partial charge is 0.352 e. The van der Waals surface area contributed by atoms with E-state index >= 15 is 0 Å². The standard InChI is InChI=1S/C31H31N3O4S/c1-23-16-18-26(19-17-23)39(37,38)34(29-15-9-6-10-24(29)2)22-30(35)33-28-14-8-7-13-27(28)31(36)32-21-20-25-11-4-3-5-12-25/h3-19H,20-22H2,1-2H3,(H,32,36)(H,33,35). The number of amides is 2. The lowest BCUT2D eigenvalue weighted by Gasteiger charge is -2.26. The zero-order chi connectivity index (χ0) is 27.8. The first kappa shape index (κ1) is 27.6. The first-order valence-corrected chi connectivity index (χ1v) is 14.1. The number of carbonyl (C=O) groups excluding carboxylic acids is 2. The zero-order valence-corrected chi connectivity index (χ0v) is 22.7. The second-order valence-corrected chi connectivity index (χ2v) is 11.1. The quantitative estimate of drug-likeness (QED) is 0.292. The highest BCUT2D eigenvalue weighted by Crippen LogP contribution is 2.27. The van der Waals surface area contributed by atoms with Crippen LogP contribution in [0.1, 0.15) is 27.0 Å². The van der Waals surface area contributed by atoms with E-state index in [1.54, 1.807) is 61.5 Å². The Morgan fingerprint density at radius 2 is 1.41 bits per heavy atom. The molecule has 4 aromatic rings. The third-order valence-electron chi connectivity index (χ3n) is 6.27. The summed E-state index contributed by atoms with van der Waals surface area (Å²) in [5, 5.41) is 5.63. The predicted octanol–water partition coefficient (Wildman–Crippen LogP) is 5.11. The van der Waals surface area contributed by atoms with Gasteiger partial charge in [0.1, 0.15) is 6.54 Å². The van der Waals surface area contributed by atoms with Crippen LogP contribution in [0.3, 0.4) is 0 Å². The summed E-state index contributed by atoms with van der Waals surface area (Å²) in [6.45, 7) is 3.63. The molecule has 0 atom stereocenters. The van der Waals surface area contributed by atoms with E-state index in [1.165, 1.54) is 12.1 Å². The minimum Gasteiger partial charge on any atom is -0.352 e. The Hall–Kier alpha value is -4.43. The van der Waals surface area contributed by atoms with Gasteiger partial charge in [0, 0.05) is 6.54 Å². The van der Waals surface area contributed by atoms with Gasteiger partial charge in [0.15, 0.2) is 0 Å². The van der Waals surface area contributed by atoms with Gasteiger partial charge in [-0.1, -0.05) is 78.4 Å². The van der Waals surface area contributed by atoms with Gasteiger partial charge >= 0.3 is 0 Å². The van der Waals surface area contributed by atoms with Crippen molar-refractivity contribution in [3.05, 3.63) is 125 Å². The molecule has 2 amide bonds. The summed E-state index contributed by atoms with van der Waals surface area (Å²) < 4.78 is 28.5. The van der Waals surface area contributed by atoms with Gasteiger partial charge in [0.05, 0.1) is 21.8 Å². The van der Waals surface area contributed by atoms with Gasteiger partial charge in [-0.2, -0.15) is 0 Å². The Kier molecular flexibility index (Phi) is 8.78. The average Bonchev–Trinajstić information content (AvgIpc) is 2.93. The van der Waals surface area contributed by atoms with Crippen LogP contribution in [0.25, 0.3) is 0 Å². The van der Waals surface area contributed by atoms with Crippen molar-refractivity contribution in [2.75, 3.05) is 22.7 Å². The van der Waals surface area contributed by atoms with Crippen molar-refractivity contribution in [2.45, 2.75) is 25.2 Å². The van der Waals surface area contributed by atoms with Gasteiger partial charge < -0.3 is 10.6 Å². The second kappa shape index (κ2) is 12.4. The molecule has 0 aliphatic carbocycles. The van der Waals surface area contributed by atoms with Crippen molar-refractivity contribution in [1.82, 2.24) is 5.32 Å². The second-order valence-electron chi connectivity index (χ2n) is 9.20. The molecule has 0 saturated heterocycles. The number of hydrogen-bond acceptors (Lipinski definition) is 4. The van der Waals surface area contributed by atoms with E-state index in [2.05, 4.69) is 10.6 Å². The normalized spacial score (nSPS) is 11.0. The average molecular weight is 542 g/mol. The number of anilines is 2. The van der Waals surface area contributed by atoms with Gasteiger partial charge in [-0.05, 0) is 61.7 Å². The molecule has 0 spiro atoms. The van der Waals surface area contributed by atoms with E-state index in [0.29, 0.717) is 35.5 Å². The monoisotopic (exact) mass is 541 g/mol. The van der Waals surface area contributed by atoms with Crippen molar-refractivity contribution in [1.29, 1.82) is 0 Å². The molecule has 200 valence electrons. The summed E-state index contributed by atoms with van der Waals surface area (Å²) in [5.41, 5.74) is 3.73. The van der Waals surface area contributed by atoms with E-state index in [4.69, 9.17) is 0 Å². The third kappa shape index (κ3) is 6.91. The Morgan fingerprint density at radius 3 is 2.13 bits per heavy atom. The molecule has 0 aromatic heterocycles. The van der Waals surface area contributed by atoms with Crippen LogP contribution in [0.2, 0.25) is 0 Å². The molecule has 0 aliphatic rings. The van der Waals surface area contributed by atoms with Crippen LogP contribution < -0.4 is 14.9 Å². The Labute approximate surface area is 229 Å². The topological polar surface area (TPSA) is 95.6 Å². The van der Waals surface area contributed by atoms with Crippen molar-refractivity contribution < 1.29 is 18.0 Å². The number of benzene rings is 4. The van der Waals surface area contributed by atoms with Crippen LogP contribution in [0, 0.1) is 13.8 Å². The highest BCUT2D eigenvalue weighted by atomic mass is 32.2. The van der Waals surface area contributed by atoms with Gasteiger partial charge in [-0.25, -0.2) is 8.42 Å². The van der Waals surface area contributed by atoms with Crippen LogP contribution in [0.4, 0.5) is 11.4 Å². The van der Waals surface area contributed by atoms with Gasteiger partial charge in [-0.3, -0.25) is 13.9 Å². The fourth-order valence-corrected chi connectivity index (χ4v) is 5.64. The van der Waals surface area contributed by atoms with Crippen LogP contribution in [-0.4, -0.2) is 33.3 Å². The molecule has 4 aromatic carbocycles. The Balaban J connectivity index is 1.53. The maximum Gasteiger partial charge on any atom is 0.264 e. The molecule has 0 aliphatic heterocycles. The number of nitrogens with one attached hydrogen (secondary N) is 2. The first-order valence-electron chi connectivity index (χ1n) is 12.6. The molecule has 0 fully saturated rings. The molecule has 8 heteroatoms. The smallest absolute Gasteiger partial charge is 0.264 e. The summed E-state index contributed by atoms with van der Waals surface area (Å²) in [4.78, 5) is 26.3. The van der Waals surface area contributed by atoms with Crippen molar-refractivity contribution >= 4 is 33.2 Å². The van der Waals surface area contributed by atoms with E-state index in [1.807, 2.05) is 43.3 Å². The third-order valence-corrected chi connectivity index (χ3v) is 8.04. The first-order chi connectivity index (χ1) is 18.8. The number of rotatable bonds is 10. The summed E-state index contributed by atoms with van der Waals surface area (Å²) >= 11 is 0. The highest BCUT2D eigenvalue weighted by Gasteiger charge is 2.28. The molecule has 0 saturated carbocycles. The number of aryl methyl sites for hydroxylation is 2. The molecule has 4 rings (SSSR count). The van der Waals surface area contributed by atoms with E-state index in [-0.39, 0.29) is 10.8 Å². The van der Waals surface area contributed by atoms with Crippen molar-refractivity contribution in [3.8, 4) is 0 Å². The number of carbonyl (C=O) groups is 2. The maximum atomic E-state index is 13.7. The summed E-state index contributed by atoms with van der Waals surface area (Å²) in [6, 6.07) is 30.0. The molecule has 0 radical (unpaired) electrons. The minimum atomic E-state index is -4.05. The minimum absolute atomic E-state index is 0.0855. The number of hydrogen-bond donors (Lipinski definition) is 2. The van der Waals surface area contributed by atoms with E-state index in [0.717, 1.165) is 15.4 Å². The molecule has 39 heavy (non-hydrogen) atoms. The lowest BCUT2D eigenvalue weighted by molar-refractivity contribution is -0.114. The molecule has 0 heterocycles. The predicted molar refractivity (Wildman–Crippen MR) is 154 cm³/mol. The molecular formula is C31H31N3O4S. The fraction of sp³-hybridized carbons (Fsp3) is 0.161. The van der Waals surface area contributed by atoms with Crippen LogP contribution >= 0.6 is 0 Å². The molecule has 2 N–H and O–H groups in total. The molecule has 7 nitrogen and oxygen atoms in total.